The highest BCUT2D eigenvalue weighted by Gasteiger charge is 2.17. The highest BCUT2D eigenvalue weighted by molar-refractivity contribution is 8.00. The monoisotopic (exact) mass is 313 g/mol. The summed E-state index contributed by atoms with van der Waals surface area (Å²) < 4.78 is 24.5. The first-order chi connectivity index (χ1) is 9.62. The molecular formula is C15H23NO2S2. The molecule has 1 aromatic rings. The van der Waals surface area contributed by atoms with Crippen molar-refractivity contribution in [1.82, 2.24) is 0 Å². The molecule has 1 aliphatic carbocycles. The molecule has 0 aliphatic heterocycles. The van der Waals surface area contributed by atoms with Crippen molar-refractivity contribution in [3.8, 4) is 0 Å². The van der Waals surface area contributed by atoms with Crippen molar-refractivity contribution in [2.24, 2.45) is 11.7 Å². The Morgan fingerprint density at radius 1 is 1.25 bits per heavy atom. The third kappa shape index (κ3) is 4.50. The Morgan fingerprint density at radius 2 is 2.00 bits per heavy atom. The van der Waals surface area contributed by atoms with E-state index in [4.69, 9.17) is 5.73 Å². The van der Waals surface area contributed by atoms with Crippen molar-refractivity contribution in [2.75, 3.05) is 17.3 Å². The maximum Gasteiger partial charge on any atom is 0.179 e. The lowest BCUT2D eigenvalue weighted by Gasteiger charge is -2.09. The van der Waals surface area contributed by atoms with Crippen LogP contribution < -0.4 is 5.73 Å². The van der Waals surface area contributed by atoms with Gasteiger partial charge in [0.25, 0.3) is 0 Å². The molecule has 0 heterocycles. The first-order valence-corrected chi connectivity index (χ1v) is 10.0. The maximum atomic E-state index is 12.2. The van der Waals surface area contributed by atoms with Gasteiger partial charge in [-0.25, -0.2) is 8.42 Å². The number of thioether (sulfide) groups is 1. The molecule has 112 valence electrons. The number of hydrogen-bond donors (Lipinski definition) is 1. The van der Waals surface area contributed by atoms with Gasteiger partial charge in [-0.2, -0.15) is 11.8 Å². The Labute approximate surface area is 126 Å². The van der Waals surface area contributed by atoms with Gasteiger partial charge in [-0.05, 0) is 42.2 Å². The van der Waals surface area contributed by atoms with Crippen LogP contribution in [0.2, 0.25) is 0 Å². The molecule has 2 N–H and O–H groups in total. The van der Waals surface area contributed by atoms with Gasteiger partial charge in [0.2, 0.25) is 0 Å². The van der Waals surface area contributed by atoms with E-state index in [9.17, 15) is 8.42 Å². The van der Waals surface area contributed by atoms with E-state index in [-0.39, 0.29) is 5.75 Å². The number of benzene rings is 1. The van der Waals surface area contributed by atoms with Crippen LogP contribution in [0.4, 0.5) is 0 Å². The molecule has 1 fully saturated rings. The van der Waals surface area contributed by atoms with Crippen LogP contribution in [0.1, 0.15) is 31.2 Å². The van der Waals surface area contributed by atoms with Crippen LogP contribution in [0.15, 0.2) is 29.2 Å². The van der Waals surface area contributed by atoms with Crippen LogP contribution in [0, 0.1) is 5.92 Å². The summed E-state index contributed by atoms with van der Waals surface area (Å²) in [5.74, 6) is 2.82. The van der Waals surface area contributed by atoms with E-state index in [1.54, 1.807) is 30.0 Å². The molecule has 2 rings (SSSR count). The van der Waals surface area contributed by atoms with Gasteiger partial charge in [-0.1, -0.05) is 25.0 Å². The number of hydrogen-bond acceptors (Lipinski definition) is 4. The van der Waals surface area contributed by atoms with Gasteiger partial charge in [0.05, 0.1) is 10.6 Å². The molecule has 0 radical (unpaired) electrons. The Bertz CT molecular complexity index is 522. The first kappa shape index (κ1) is 15.9. The van der Waals surface area contributed by atoms with Crippen molar-refractivity contribution in [1.29, 1.82) is 0 Å². The minimum absolute atomic E-state index is 0.221. The standard InChI is InChI=1S/C15H23NO2S2/c16-11-14-6-3-7-15(10-14)20(17,18)9-8-19-12-13-4-1-2-5-13/h3,6-7,10,13H,1-2,4-5,8-9,11-12,16H2. The maximum absolute atomic E-state index is 12.2. The Kier molecular flexibility index (Phi) is 5.93. The zero-order chi connectivity index (χ0) is 14.4. The molecular weight excluding hydrogens is 290 g/mol. The van der Waals surface area contributed by atoms with E-state index in [2.05, 4.69) is 0 Å². The third-order valence-electron chi connectivity index (χ3n) is 3.82. The predicted molar refractivity (Wildman–Crippen MR) is 85.7 cm³/mol. The van der Waals surface area contributed by atoms with E-state index in [0.717, 1.165) is 17.2 Å². The van der Waals surface area contributed by atoms with Gasteiger partial charge >= 0.3 is 0 Å². The average molecular weight is 313 g/mol. The quantitative estimate of drug-likeness (QED) is 0.786. The van der Waals surface area contributed by atoms with Gasteiger partial charge < -0.3 is 5.73 Å². The molecule has 1 saturated carbocycles. The molecule has 1 aromatic carbocycles. The summed E-state index contributed by atoms with van der Waals surface area (Å²) >= 11 is 1.78. The molecule has 0 atom stereocenters. The molecule has 0 amide bonds. The van der Waals surface area contributed by atoms with E-state index < -0.39 is 9.84 Å². The lowest BCUT2D eigenvalue weighted by molar-refractivity contribution is 0.597. The minimum Gasteiger partial charge on any atom is -0.326 e. The second-order valence-corrected chi connectivity index (χ2v) is 8.65. The number of sulfone groups is 1. The lowest BCUT2D eigenvalue weighted by atomic mass is 10.1. The Balaban J connectivity index is 1.83. The number of nitrogens with two attached hydrogens (primary N) is 1. The van der Waals surface area contributed by atoms with Gasteiger partial charge in [0.1, 0.15) is 0 Å². The Hall–Kier alpha value is -0.520. The molecule has 0 bridgehead atoms. The highest BCUT2D eigenvalue weighted by Crippen LogP contribution is 2.28. The van der Waals surface area contributed by atoms with Crippen LogP contribution in [-0.4, -0.2) is 25.7 Å². The minimum atomic E-state index is -3.17. The van der Waals surface area contributed by atoms with Crippen LogP contribution in [0.3, 0.4) is 0 Å². The fraction of sp³-hybridized carbons (Fsp3) is 0.600. The average Bonchev–Trinajstić information content (AvgIpc) is 2.97. The third-order valence-corrected chi connectivity index (χ3v) is 6.99. The largest absolute Gasteiger partial charge is 0.326 e. The normalized spacial score (nSPS) is 16.6. The second kappa shape index (κ2) is 7.48. The SMILES string of the molecule is NCc1cccc(S(=O)(=O)CCSCC2CCCC2)c1. The molecule has 0 spiro atoms. The molecule has 0 unspecified atom stereocenters. The van der Waals surface area contributed by atoms with Crippen LogP contribution in [-0.2, 0) is 16.4 Å². The summed E-state index contributed by atoms with van der Waals surface area (Å²) in [5, 5.41) is 0. The summed E-state index contributed by atoms with van der Waals surface area (Å²) in [6.45, 7) is 0.375. The lowest BCUT2D eigenvalue weighted by Crippen LogP contribution is -2.11. The van der Waals surface area contributed by atoms with Gasteiger partial charge in [0, 0.05) is 12.3 Å². The smallest absolute Gasteiger partial charge is 0.179 e. The molecule has 0 saturated heterocycles. The fourth-order valence-electron chi connectivity index (χ4n) is 2.58. The predicted octanol–water partition coefficient (Wildman–Crippen LogP) is 2.84. The summed E-state index contributed by atoms with van der Waals surface area (Å²) in [7, 11) is -3.17. The molecule has 0 aromatic heterocycles. The Morgan fingerprint density at radius 3 is 2.70 bits per heavy atom. The molecule has 5 heteroatoms. The first-order valence-electron chi connectivity index (χ1n) is 7.21. The molecule has 20 heavy (non-hydrogen) atoms. The van der Waals surface area contributed by atoms with Crippen LogP contribution in [0.5, 0.6) is 0 Å². The summed E-state index contributed by atoms with van der Waals surface area (Å²) in [4.78, 5) is 0.405. The van der Waals surface area contributed by atoms with Gasteiger partial charge in [-0.15, -0.1) is 0 Å². The van der Waals surface area contributed by atoms with E-state index in [1.165, 1.54) is 25.7 Å². The van der Waals surface area contributed by atoms with Gasteiger partial charge in [0.15, 0.2) is 9.84 Å². The summed E-state index contributed by atoms with van der Waals surface area (Å²) in [5.41, 5.74) is 6.42. The van der Waals surface area contributed by atoms with Crippen molar-refractivity contribution in [2.45, 2.75) is 37.1 Å². The highest BCUT2D eigenvalue weighted by atomic mass is 32.2. The van der Waals surface area contributed by atoms with Gasteiger partial charge in [-0.3, -0.25) is 0 Å². The van der Waals surface area contributed by atoms with E-state index in [1.807, 2.05) is 6.07 Å². The fourth-order valence-corrected chi connectivity index (χ4v) is 5.61. The summed E-state index contributed by atoms with van der Waals surface area (Å²) in [6.07, 6.45) is 5.32. The van der Waals surface area contributed by atoms with Crippen molar-refractivity contribution in [3.63, 3.8) is 0 Å². The zero-order valence-electron chi connectivity index (χ0n) is 11.8. The zero-order valence-corrected chi connectivity index (χ0v) is 13.4. The second-order valence-electron chi connectivity index (χ2n) is 5.40. The topological polar surface area (TPSA) is 60.2 Å². The van der Waals surface area contributed by atoms with Crippen molar-refractivity contribution < 1.29 is 8.42 Å². The summed E-state index contributed by atoms with van der Waals surface area (Å²) in [6, 6.07) is 6.97. The van der Waals surface area contributed by atoms with Crippen LogP contribution in [0.25, 0.3) is 0 Å². The van der Waals surface area contributed by atoms with Crippen LogP contribution >= 0.6 is 11.8 Å². The van der Waals surface area contributed by atoms with Crippen molar-refractivity contribution >= 4 is 21.6 Å². The number of rotatable bonds is 7. The van der Waals surface area contributed by atoms with E-state index in [0.29, 0.717) is 17.2 Å². The van der Waals surface area contributed by atoms with Crippen molar-refractivity contribution in [3.05, 3.63) is 29.8 Å². The molecule has 3 nitrogen and oxygen atoms in total. The molecule has 1 aliphatic rings. The van der Waals surface area contributed by atoms with E-state index >= 15 is 0 Å².